The Kier molecular flexibility index (Phi) is 6.71. The van der Waals surface area contributed by atoms with Crippen molar-refractivity contribution in [1.82, 2.24) is 5.32 Å². The number of benzene rings is 2. The topological polar surface area (TPSA) is 72.5 Å². The van der Waals surface area contributed by atoms with Gasteiger partial charge in [-0.3, -0.25) is 9.59 Å². The number of ether oxygens (including phenoxy) is 1. The normalized spacial score (nSPS) is 10.3. The van der Waals surface area contributed by atoms with Gasteiger partial charge in [-0.05, 0) is 17.7 Å². The lowest BCUT2D eigenvalue weighted by Crippen LogP contribution is -2.19. The van der Waals surface area contributed by atoms with Gasteiger partial charge in [0.15, 0.2) is 12.4 Å². The molecule has 8 heteroatoms. The van der Waals surface area contributed by atoms with Crippen LogP contribution in [0.25, 0.3) is 0 Å². The van der Waals surface area contributed by atoms with E-state index in [0.29, 0.717) is 12.1 Å². The van der Waals surface area contributed by atoms with Gasteiger partial charge in [-0.1, -0.05) is 47.5 Å². The first-order valence-electron chi connectivity index (χ1n) is 7.46. The molecule has 0 fully saturated rings. The Hall–Kier alpha value is -2.44. The number of ketones is 1. The van der Waals surface area contributed by atoms with Crippen LogP contribution in [0.3, 0.4) is 0 Å². The smallest absolute Gasteiger partial charge is 0.340 e. The molecule has 1 amide bonds. The zero-order valence-corrected chi connectivity index (χ0v) is 15.2. The summed E-state index contributed by atoms with van der Waals surface area (Å²) in [7, 11) is 0. The summed E-state index contributed by atoms with van der Waals surface area (Å²) >= 11 is 11.4. The van der Waals surface area contributed by atoms with E-state index in [1.165, 1.54) is 6.92 Å². The van der Waals surface area contributed by atoms with Crippen molar-refractivity contribution in [2.75, 3.05) is 6.61 Å². The molecular formula is C18H14Cl2FNO4. The number of carbonyl (C=O) groups excluding carboxylic acids is 3. The second kappa shape index (κ2) is 8.78. The molecule has 0 aliphatic carbocycles. The fraction of sp³-hybridized carbons (Fsp3) is 0.167. The first-order valence-corrected chi connectivity index (χ1v) is 8.21. The van der Waals surface area contributed by atoms with E-state index < -0.39 is 24.2 Å². The number of amides is 1. The van der Waals surface area contributed by atoms with Crippen LogP contribution >= 0.6 is 23.2 Å². The fourth-order valence-electron chi connectivity index (χ4n) is 2.01. The Morgan fingerprint density at radius 3 is 2.35 bits per heavy atom. The molecule has 2 aromatic carbocycles. The van der Waals surface area contributed by atoms with Crippen molar-refractivity contribution in [3.8, 4) is 0 Å². The highest BCUT2D eigenvalue weighted by Crippen LogP contribution is 2.25. The summed E-state index contributed by atoms with van der Waals surface area (Å²) in [5.41, 5.74) is 0.932. The summed E-state index contributed by atoms with van der Waals surface area (Å²) in [5.74, 6) is -2.34. The Morgan fingerprint density at radius 2 is 1.73 bits per heavy atom. The third-order valence-corrected chi connectivity index (χ3v) is 3.98. The van der Waals surface area contributed by atoms with Crippen LogP contribution in [0.5, 0.6) is 0 Å². The number of esters is 1. The quantitative estimate of drug-likeness (QED) is 0.456. The highest BCUT2D eigenvalue weighted by atomic mass is 35.5. The lowest BCUT2D eigenvalue weighted by Gasteiger charge is -2.07. The molecule has 0 unspecified atom stereocenters. The molecule has 0 heterocycles. The van der Waals surface area contributed by atoms with Crippen molar-refractivity contribution in [3.63, 3.8) is 0 Å². The second-order valence-corrected chi connectivity index (χ2v) is 6.17. The highest BCUT2D eigenvalue weighted by Gasteiger charge is 2.17. The van der Waals surface area contributed by atoms with Gasteiger partial charge in [-0.25, -0.2) is 9.18 Å². The number of rotatable bonds is 6. The van der Waals surface area contributed by atoms with Gasteiger partial charge < -0.3 is 10.1 Å². The monoisotopic (exact) mass is 397 g/mol. The molecule has 0 atom stereocenters. The largest absolute Gasteiger partial charge is 0.454 e. The van der Waals surface area contributed by atoms with E-state index in [1.54, 1.807) is 24.3 Å². The average molecular weight is 398 g/mol. The third kappa shape index (κ3) is 5.28. The molecule has 0 saturated heterocycles. The first kappa shape index (κ1) is 19.9. The number of hydrogen-bond acceptors (Lipinski definition) is 4. The van der Waals surface area contributed by atoms with Gasteiger partial charge in [0.25, 0.3) is 0 Å². The third-order valence-electron chi connectivity index (χ3n) is 3.38. The molecule has 0 radical (unpaired) electrons. The summed E-state index contributed by atoms with van der Waals surface area (Å²) in [4.78, 5) is 34.9. The van der Waals surface area contributed by atoms with Crippen molar-refractivity contribution in [3.05, 3.63) is 69.0 Å². The molecule has 136 valence electrons. The maximum Gasteiger partial charge on any atom is 0.340 e. The van der Waals surface area contributed by atoms with Crippen molar-refractivity contribution < 1.29 is 23.5 Å². The number of halogens is 3. The zero-order valence-electron chi connectivity index (χ0n) is 13.6. The van der Waals surface area contributed by atoms with Crippen LogP contribution in [0.2, 0.25) is 10.0 Å². The van der Waals surface area contributed by atoms with Crippen LogP contribution in [0, 0.1) is 5.82 Å². The van der Waals surface area contributed by atoms with E-state index in [4.69, 9.17) is 27.9 Å². The van der Waals surface area contributed by atoms with Crippen molar-refractivity contribution >= 4 is 40.9 Å². The molecule has 1 N–H and O–H groups in total. The molecule has 0 aliphatic rings. The summed E-state index contributed by atoms with van der Waals surface area (Å²) in [6, 6.07) is 8.41. The lowest BCUT2D eigenvalue weighted by molar-refractivity contribution is -0.119. The van der Waals surface area contributed by atoms with E-state index in [1.807, 2.05) is 0 Å². The van der Waals surface area contributed by atoms with Crippen LogP contribution in [-0.4, -0.2) is 24.3 Å². The van der Waals surface area contributed by atoms with Crippen LogP contribution in [-0.2, 0) is 16.1 Å². The number of carbonyl (C=O) groups is 3. The van der Waals surface area contributed by atoms with E-state index in [0.717, 1.165) is 17.7 Å². The minimum absolute atomic E-state index is 0.0730. The summed E-state index contributed by atoms with van der Waals surface area (Å²) in [5, 5.41) is 2.34. The Balaban J connectivity index is 1.97. The number of Topliss-reactive ketones (excluding diaryl/α,β-unsaturated/α-hetero) is 1. The maximum atomic E-state index is 13.4. The predicted molar refractivity (Wildman–Crippen MR) is 95.0 cm³/mol. The molecule has 0 spiro atoms. The Morgan fingerprint density at radius 1 is 1.08 bits per heavy atom. The van der Waals surface area contributed by atoms with Gasteiger partial charge in [-0.2, -0.15) is 0 Å². The van der Waals surface area contributed by atoms with E-state index in [-0.39, 0.29) is 21.5 Å². The number of nitrogens with one attached hydrogen (secondary N) is 1. The standard InChI is InChI=1S/C18H14Cl2FNO4/c1-10(23)22-8-11-2-4-12(5-3-11)17(24)9-26-18(25)13-6-16(21)15(20)7-14(13)19/h2-7H,8-9H2,1H3,(H,22,23). The molecule has 2 rings (SSSR count). The van der Waals surface area contributed by atoms with Gasteiger partial charge >= 0.3 is 5.97 Å². The Bertz CT molecular complexity index is 853. The summed E-state index contributed by atoms with van der Waals surface area (Å²) in [6.45, 7) is 1.23. The van der Waals surface area contributed by atoms with Crippen molar-refractivity contribution in [1.29, 1.82) is 0 Å². The van der Waals surface area contributed by atoms with Crippen molar-refractivity contribution in [2.24, 2.45) is 0 Å². The Labute approximate surface area is 159 Å². The molecular weight excluding hydrogens is 384 g/mol. The predicted octanol–water partition coefficient (Wildman–Crippen LogP) is 3.81. The maximum absolute atomic E-state index is 13.4. The highest BCUT2D eigenvalue weighted by molar-refractivity contribution is 6.36. The van der Waals surface area contributed by atoms with E-state index in [9.17, 15) is 18.8 Å². The molecule has 0 aliphatic heterocycles. The fourth-order valence-corrected chi connectivity index (χ4v) is 2.47. The SMILES string of the molecule is CC(=O)NCc1ccc(C(=O)COC(=O)c2cc(F)c(Cl)cc2Cl)cc1. The zero-order chi connectivity index (χ0) is 19.3. The first-order chi connectivity index (χ1) is 12.3. The van der Waals surface area contributed by atoms with E-state index in [2.05, 4.69) is 5.32 Å². The van der Waals surface area contributed by atoms with Gasteiger partial charge in [-0.15, -0.1) is 0 Å². The lowest BCUT2D eigenvalue weighted by atomic mass is 10.1. The van der Waals surface area contributed by atoms with Crippen LogP contribution in [0.15, 0.2) is 36.4 Å². The average Bonchev–Trinajstić information content (AvgIpc) is 2.61. The molecule has 5 nitrogen and oxygen atoms in total. The minimum atomic E-state index is -0.929. The number of hydrogen-bond donors (Lipinski definition) is 1. The molecule has 0 saturated carbocycles. The van der Waals surface area contributed by atoms with Crippen LogP contribution in [0.1, 0.15) is 33.2 Å². The van der Waals surface area contributed by atoms with Gasteiger partial charge in [0.2, 0.25) is 5.91 Å². The molecule has 2 aromatic rings. The van der Waals surface area contributed by atoms with Gasteiger partial charge in [0.05, 0.1) is 15.6 Å². The van der Waals surface area contributed by atoms with Gasteiger partial charge in [0.1, 0.15) is 5.82 Å². The van der Waals surface area contributed by atoms with Crippen LogP contribution < -0.4 is 5.32 Å². The molecule has 0 bridgehead atoms. The summed E-state index contributed by atoms with van der Waals surface area (Å²) in [6.07, 6.45) is 0. The second-order valence-electron chi connectivity index (χ2n) is 5.35. The molecule has 0 aromatic heterocycles. The summed E-state index contributed by atoms with van der Waals surface area (Å²) < 4.78 is 18.3. The minimum Gasteiger partial charge on any atom is -0.454 e. The van der Waals surface area contributed by atoms with Gasteiger partial charge in [0, 0.05) is 19.0 Å². The van der Waals surface area contributed by atoms with E-state index >= 15 is 0 Å². The van der Waals surface area contributed by atoms with Crippen molar-refractivity contribution in [2.45, 2.75) is 13.5 Å². The van der Waals surface area contributed by atoms with Crippen LogP contribution in [0.4, 0.5) is 4.39 Å². The molecule has 26 heavy (non-hydrogen) atoms.